The first-order valence-corrected chi connectivity index (χ1v) is 7.21. The van der Waals surface area contributed by atoms with Crippen molar-refractivity contribution in [1.29, 1.82) is 0 Å². The molecule has 0 aromatic heterocycles. The highest BCUT2D eigenvalue weighted by Crippen LogP contribution is 2.27. The first-order chi connectivity index (χ1) is 8.20. The summed E-state index contributed by atoms with van der Waals surface area (Å²) in [6.07, 6.45) is 6.24. The first-order valence-electron chi connectivity index (χ1n) is 7.21. The van der Waals surface area contributed by atoms with Crippen LogP contribution in [-0.2, 0) is 4.79 Å². The molecule has 0 spiro atoms. The molecule has 3 nitrogen and oxygen atoms in total. The molecule has 2 rings (SSSR count). The molecule has 3 heteroatoms. The number of hydrogen-bond donors (Lipinski definition) is 2. The Balaban J connectivity index is 1.76. The summed E-state index contributed by atoms with van der Waals surface area (Å²) in [5.41, 5.74) is 0. The van der Waals surface area contributed by atoms with Crippen molar-refractivity contribution < 1.29 is 4.79 Å². The minimum absolute atomic E-state index is 0.193. The van der Waals surface area contributed by atoms with Crippen molar-refractivity contribution in [2.45, 2.75) is 52.0 Å². The van der Waals surface area contributed by atoms with E-state index in [0.29, 0.717) is 12.0 Å². The van der Waals surface area contributed by atoms with Crippen LogP contribution in [0.15, 0.2) is 0 Å². The average molecular weight is 238 g/mol. The lowest BCUT2D eigenvalue weighted by Gasteiger charge is -2.29. The van der Waals surface area contributed by atoms with Crippen molar-refractivity contribution in [3.8, 4) is 0 Å². The van der Waals surface area contributed by atoms with Gasteiger partial charge in [-0.2, -0.15) is 0 Å². The standard InChI is InChI=1S/C14H26N2O/c1-3-11-4-6-12(7-5-11)16-14(17)13-9-15-8-10(13)2/h10-13,15H,3-9H2,1-2H3,(H,16,17)/t10-,11?,12?,13-/m1/s1. The van der Waals surface area contributed by atoms with Gasteiger partial charge in [0.15, 0.2) is 0 Å². The minimum atomic E-state index is 0.193. The zero-order chi connectivity index (χ0) is 12.3. The van der Waals surface area contributed by atoms with Crippen molar-refractivity contribution in [3.05, 3.63) is 0 Å². The van der Waals surface area contributed by atoms with Crippen molar-refractivity contribution in [3.63, 3.8) is 0 Å². The highest BCUT2D eigenvalue weighted by molar-refractivity contribution is 5.79. The second-order valence-corrected chi connectivity index (χ2v) is 5.88. The zero-order valence-corrected chi connectivity index (χ0v) is 11.2. The molecule has 0 radical (unpaired) electrons. The van der Waals surface area contributed by atoms with Gasteiger partial charge in [0.25, 0.3) is 0 Å². The fourth-order valence-corrected chi connectivity index (χ4v) is 3.18. The van der Waals surface area contributed by atoms with Crippen molar-refractivity contribution >= 4 is 5.91 Å². The Hall–Kier alpha value is -0.570. The van der Waals surface area contributed by atoms with E-state index in [1.54, 1.807) is 0 Å². The molecule has 1 amide bonds. The van der Waals surface area contributed by atoms with E-state index in [-0.39, 0.29) is 11.8 Å². The van der Waals surface area contributed by atoms with Gasteiger partial charge in [-0.15, -0.1) is 0 Å². The van der Waals surface area contributed by atoms with Gasteiger partial charge in [-0.05, 0) is 44.1 Å². The quantitative estimate of drug-likeness (QED) is 0.789. The molecule has 1 saturated heterocycles. The molecule has 1 aliphatic carbocycles. The van der Waals surface area contributed by atoms with E-state index in [1.807, 2.05) is 0 Å². The van der Waals surface area contributed by atoms with E-state index in [9.17, 15) is 4.79 Å². The van der Waals surface area contributed by atoms with Gasteiger partial charge in [-0.25, -0.2) is 0 Å². The molecule has 0 aromatic rings. The number of carbonyl (C=O) groups excluding carboxylic acids is 1. The van der Waals surface area contributed by atoms with Gasteiger partial charge in [0, 0.05) is 12.6 Å². The average Bonchev–Trinajstić information content (AvgIpc) is 2.76. The van der Waals surface area contributed by atoms with Crippen LogP contribution >= 0.6 is 0 Å². The number of carbonyl (C=O) groups is 1. The smallest absolute Gasteiger partial charge is 0.224 e. The topological polar surface area (TPSA) is 41.1 Å². The van der Waals surface area contributed by atoms with E-state index in [4.69, 9.17) is 0 Å². The highest BCUT2D eigenvalue weighted by atomic mass is 16.2. The van der Waals surface area contributed by atoms with Gasteiger partial charge in [0.1, 0.15) is 0 Å². The lowest BCUT2D eigenvalue weighted by Crippen LogP contribution is -2.42. The lowest BCUT2D eigenvalue weighted by molar-refractivity contribution is -0.126. The van der Waals surface area contributed by atoms with Crippen LogP contribution in [0, 0.1) is 17.8 Å². The van der Waals surface area contributed by atoms with E-state index in [2.05, 4.69) is 24.5 Å². The molecule has 17 heavy (non-hydrogen) atoms. The predicted molar refractivity (Wildman–Crippen MR) is 69.7 cm³/mol. The van der Waals surface area contributed by atoms with E-state index >= 15 is 0 Å². The van der Waals surface area contributed by atoms with Gasteiger partial charge in [-0.1, -0.05) is 20.3 Å². The number of rotatable bonds is 3. The zero-order valence-electron chi connectivity index (χ0n) is 11.2. The fraction of sp³-hybridized carbons (Fsp3) is 0.929. The second kappa shape index (κ2) is 5.85. The van der Waals surface area contributed by atoms with Crippen LogP contribution in [0.5, 0.6) is 0 Å². The van der Waals surface area contributed by atoms with E-state index in [0.717, 1.165) is 19.0 Å². The summed E-state index contributed by atoms with van der Waals surface area (Å²) in [6.45, 7) is 6.28. The molecule has 2 fully saturated rings. The maximum atomic E-state index is 12.1. The summed E-state index contributed by atoms with van der Waals surface area (Å²) >= 11 is 0. The van der Waals surface area contributed by atoms with Gasteiger partial charge < -0.3 is 10.6 Å². The SMILES string of the molecule is CCC1CCC(NC(=O)[C@@H]2CNC[C@H]2C)CC1. The van der Waals surface area contributed by atoms with Crippen LogP contribution < -0.4 is 10.6 Å². The molecule has 1 aliphatic heterocycles. The summed E-state index contributed by atoms with van der Waals surface area (Å²) < 4.78 is 0. The van der Waals surface area contributed by atoms with Gasteiger partial charge in [-0.3, -0.25) is 4.79 Å². The Bertz CT molecular complexity index is 259. The normalized spacial score (nSPS) is 38.0. The van der Waals surface area contributed by atoms with Gasteiger partial charge >= 0.3 is 0 Å². The second-order valence-electron chi connectivity index (χ2n) is 5.88. The molecule has 2 N–H and O–H groups in total. The molecule has 1 saturated carbocycles. The maximum Gasteiger partial charge on any atom is 0.224 e. The van der Waals surface area contributed by atoms with Crippen LogP contribution in [0.2, 0.25) is 0 Å². The van der Waals surface area contributed by atoms with Gasteiger partial charge in [0.2, 0.25) is 5.91 Å². The molecular weight excluding hydrogens is 212 g/mol. The molecule has 1 heterocycles. The summed E-state index contributed by atoms with van der Waals surface area (Å²) in [6, 6.07) is 0.443. The third kappa shape index (κ3) is 3.21. The predicted octanol–water partition coefficient (Wildman–Crippen LogP) is 1.93. The van der Waals surface area contributed by atoms with E-state index in [1.165, 1.54) is 32.1 Å². The summed E-state index contributed by atoms with van der Waals surface area (Å²) in [5, 5.41) is 6.55. The summed E-state index contributed by atoms with van der Waals surface area (Å²) in [4.78, 5) is 12.1. The largest absolute Gasteiger partial charge is 0.353 e. The molecule has 98 valence electrons. The summed E-state index contributed by atoms with van der Waals surface area (Å²) in [7, 11) is 0. The molecule has 2 atom stereocenters. The van der Waals surface area contributed by atoms with Crippen LogP contribution in [-0.4, -0.2) is 25.0 Å². The summed E-state index contributed by atoms with van der Waals surface area (Å²) in [5.74, 6) is 1.86. The van der Waals surface area contributed by atoms with Crippen molar-refractivity contribution in [2.75, 3.05) is 13.1 Å². The first kappa shape index (κ1) is 12.9. The monoisotopic (exact) mass is 238 g/mol. The molecule has 0 aromatic carbocycles. The van der Waals surface area contributed by atoms with Crippen molar-refractivity contribution in [1.82, 2.24) is 10.6 Å². The third-order valence-electron chi connectivity index (χ3n) is 4.62. The number of hydrogen-bond acceptors (Lipinski definition) is 2. The molecule has 0 bridgehead atoms. The highest BCUT2D eigenvalue weighted by Gasteiger charge is 2.31. The van der Waals surface area contributed by atoms with Crippen LogP contribution in [0.1, 0.15) is 46.0 Å². The Kier molecular flexibility index (Phi) is 4.43. The molecule has 2 aliphatic rings. The molecule has 0 unspecified atom stereocenters. The van der Waals surface area contributed by atoms with Gasteiger partial charge in [0.05, 0.1) is 5.92 Å². The van der Waals surface area contributed by atoms with E-state index < -0.39 is 0 Å². The van der Waals surface area contributed by atoms with Crippen LogP contribution in [0.4, 0.5) is 0 Å². The lowest BCUT2D eigenvalue weighted by atomic mass is 9.84. The number of nitrogens with one attached hydrogen (secondary N) is 2. The minimum Gasteiger partial charge on any atom is -0.353 e. The number of amides is 1. The Labute approximate surface area is 105 Å². The Morgan fingerprint density at radius 1 is 1.24 bits per heavy atom. The Morgan fingerprint density at radius 3 is 2.47 bits per heavy atom. The fourth-order valence-electron chi connectivity index (χ4n) is 3.18. The van der Waals surface area contributed by atoms with Crippen LogP contribution in [0.25, 0.3) is 0 Å². The Morgan fingerprint density at radius 2 is 1.94 bits per heavy atom. The van der Waals surface area contributed by atoms with Crippen molar-refractivity contribution in [2.24, 2.45) is 17.8 Å². The third-order valence-corrected chi connectivity index (χ3v) is 4.62. The van der Waals surface area contributed by atoms with Crippen LogP contribution in [0.3, 0.4) is 0 Å². The maximum absolute atomic E-state index is 12.1. The molecular formula is C14H26N2O.